The zero-order valence-corrected chi connectivity index (χ0v) is 14.6. The lowest BCUT2D eigenvalue weighted by atomic mass is 10.2. The molecule has 0 aliphatic carbocycles. The van der Waals surface area contributed by atoms with Crippen LogP contribution in [0.25, 0.3) is 0 Å². The number of benzene rings is 1. The summed E-state index contributed by atoms with van der Waals surface area (Å²) < 4.78 is 26.3. The minimum absolute atomic E-state index is 0.0788. The maximum absolute atomic E-state index is 12.4. The Morgan fingerprint density at radius 3 is 2.30 bits per heavy atom. The van der Waals surface area contributed by atoms with Crippen molar-refractivity contribution < 1.29 is 13.2 Å². The summed E-state index contributed by atoms with van der Waals surface area (Å²) >= 11 is 0. The molecule has 2 rings (SSSR count). The van der Waals surface area contributed by atoms with Gasteiger partial charge in [0.1, 0.15) is 0 Å². The predicted molar refractivity (Wildman–Crippen MR) is 90.7 cm³/mol. The van der Waals surface area contributed by atoms with E-state index >= 15 is 0 Å². The molecule has 0 unspecified atom stereocenters. The van der Waals surface area contributed by atoms with Gasteiger partial charge in [-0.15, -0.1) is 0 Å². The minimum atomic E-state index is -3.28. The van der Waals surface area contributed by atoms with E-state index in [1.165, 1.54) is 4.31 Å². The molecular weight excluding hydrogens is 314 g/mol. The van der Waals surface area contributed by atoms with E-state index in [0.29, 0.717) is 32.6 Å². The van der Waals surface area contributed by atoms with Crippen molar-refractivity contribution >= 4 is 16.1 Å². The third kappa shape index (κ3) is 5.21. The van der Waals surface area contributed by atoms with Gasteiger partial charge in [0, 0.05) is 32.2 Å². The monoisotopic (exact) mass is 339 g/mol. The molecule has 1 aliphatic rings. The van der Waals surface area contributed by atoms with E-state index in [2.05, 4.69) is 5.32 Å². The number of nitrogens with zero attached hydrogens (tertiary/aromatic N) is 2. The molecule has 0 atom stereocenters. The summed E-state index contributed by atoms with van der Waals surface area (Å²) in [4.78, 5) is 13.6. The number of nitrogens with one attached hydrogen (secondary N) is 1. The van der Waals surface area contributed by atoms with Gasteiger partial charge in [-0.05, 0) is 25.8 Å². The highest BCUT2D eigenvalue weighted by molar-refractivity contribution is 7.89. The van der Waals surface area contributed by atoms with Crippen molar-refractivity contribution in [3.63, 3.8) is 0 Å². The van der Waals surface area contributed by atoms with Crippen molar-refractivity contribution in [3.8, 4) is 0 Å². The molecule has 2 amide bonds. The van der Waals surface area contributed by atoms with E-state index in [1.54, 1.807) is 4.90 Å². The van der Waals surface area contributed by atoms with Crippen LogP contribution in [-0.4, -0.2) is 61.6 Å². The molecule has 0 spiro atoms. The Morgan fingerprint density at radius 1 is 1.13 bits per heavy atom. The first-order valence-electron chi connectivity index (χ1n) is 7.95. The first kappa shape index (κ1) is 17.7. The Morgan fingerprint density at radius 2 is 1.74 bits per heavy atom. The molecule has 1 heterocycles. The molecule has 1 fully saturated rings. The fourth-order valence-corrected chi connectivity index (χ4v) is 4.00. The van der Waals surface area contributed by atoms with Gasteiger partial charge in [-0.25, -0.2) is 13.2 Å². The number of hydrogen-bond acceptors (Lipinski definition) is 3. The van der Waals surface area contributed by atoms with Crippen molar-refractivity contribution in [1.29, 1.82) is 0 Å². The maximum Gasteiger partial charge on any atom is 0.317 e. The number of aryl methyl sites for hydroxylation is 1. The second kappa shape index (κ2) is 7.79. The van der Waals surface area contributed by atoms with Gasteiger partial charge in [0.15, 0.2) is 0 Å². The van der Waals surface area contributed by atoms with Gasteiger partial charge in [-0.1, -0.05) is 30.3 Å². The van der Waals surface area contributed by atoms with Crippen molar-refractivity contribution in [2.24, 2.45) is 0 Å². The summed E-state index contributed by atoms with van der Waals surface area (Å²) in [5.41, 5.74) is 1.02. The Labute approximate surface area is 138 Å². The van der Waals surface area contributed by atoms with Gasteiger partial charge in [0.05, 0.1) is 5.75 Å². The highest BCUT2D eigenvalue weighted by Gasteiger charge is 2.28. The van der Waals surface area contributed by atoms with E-state index in [0.717, 1.165) is 5.56 Å². The molecule has 0 saturated carbocycles. The quantitative estimate of drug-likeness (QED) is 0.879. The second-order valence-electron chi connectivity index (χ2n) is 6.04. The molecule has 1 N–H and O–H groups in total. The number of carbonyl (C=O) groups is 1. The zero-order valence-electron chi connectivity index (χ0n) is 13.7. The normalized spacial score (nSPS) is 16.6. The Hall–Kier alpha value is -1.60. The molecule has 7 heteroatoms. The van der Waals surface area contributed by atoms with Gasteiger partial charge < -0.3 is 10.2 Å². The standard InChI is InChI=1S/C16H25N3O3S/c1-14(2)17-16(20)18-9-11-19(12-10-18)23(21,22)13-8-15-6-4-3-5-7-15/h3-7,14H,8-13H2,1-2H3,(H,17,20). The van der Waals surface area contributed by atoms with Crippen LogP contribution in [0.2, 0.25) is 0 Å². The Bertz CT molecular complexity index is 609. The highest BCUT2D eigenvalue weighted by Crippen LogP contribution is 2.11. The molecule has 1 aliphatic heterocycles. The fraction of sp³-hybridized carbons (Fsp3) is 0.562. The molecule has 0 bridgehead atoms. The summed E-state index contributed by atoms with van der Waals surface area (Å²) in [6.07, 6.45) is 0.511. The molecule has 1 saturated heterocycles. The van der Waals surface area contributed by atoms with Gasteiger partial charge in [0.25, 0.3) is 0 Å². The number of piperazine rings is 1. The smallest absolute Gasteiger partial charge is 0.317 e. The van der Waals surface area contributed by atoms with E-state index in [1.807, 2.05) is 44.2 Å². The average Bonchev–Trinajstić information content (AvgIpc) is 2.53. The first-order valence-corrected chi connectivity index (χ1v) is 9.56. The largest absolute Gasteiger partial charge is 0.336 e. The van der Waals surface area contributed by atoms with Gasteiger partial charge >= 0.3 is 6.03 Å². The van der Waals surface area contributed by atoms with Gasteiger partial charge in [-0.3, -0.25) is 0 Å². The van der Waals surface area contributed by atoms with Crippen LogP contribution in [0.3, 0.4) is 0 Å². The van der Waals surface area contributed by atoms with Crippen LogP contribution in [0.15, 0.2) is 30.3 Å². The number of hydrogen-bond donors (Lipinski definition) is 1. The molecule has 6 nitrogen and oxygen atoms in total. The lowest BCUT2D eigenvalue weighted by Gasteiger charge is -2.34. The highest BCUT2D eigenvalue weighted by atomic mass is 32.2. The Kier molecular flexibility index (Phi) is 6.01. The minimum Gasteiger partial charge on any atom is -0.336 e. The third-order valence-electron chi connectivity index (χ3n) is 3.82. The summed E-state index contributed by atoms with van der Waals surface area (Å²) in [5.74, 6) is 0.106. The molecule has 23 heavy (non-hydrogen) atoms. The van der Waals surface area contributed by atoms with Crippen LogP contribution >= 0.6 is 0 Å². The van der Waals surface area contributed by atoms with Gasteiger partial charge in [-0.2, -0.15) is 4.31 Å². The van der Waals surface area contributed by atoms with Gasteiger partial charge in [0.2, 0.25) is 10.0 Å². The van der Waals surface area contributed by atoms with Crippen molar-refractivity contribution in [1.82, 2.24) is 14.5 Å². The van der Waals surface area contributed by atoms with Crippen molar-refractivity contribution in [2.75, 3.05) is 31.9 Å². The molecule has 0 aromatic heterocycles. The van der Waals surface area contributed by atoms with Crippen LogP contribution in [0.5, 0.6) is 0 Å². The molecule has 128 valence electrons. The predicted octanol–water partition coefficient (Wildman–Crippen LogP) is 1.29. The summed E-state index contributed by atoms with van der Waals surface area (Å²) in [7, 11) is -3.28. The van der Waals surface area contributed by atoms with E-state index < -0.39 is 10.0 Å². The summed E-state index contributed by atoms with van der Waals surface area (Å²) in [6, 6.07) is 9.56. The van der Waals surface area contributed by atoms with Crippen molar-refractivity contribution in [3.05, 3.63) is 35.9 Å². The summed E-state index contributed by atoms with van der Waals surface area (Å²) in [6.45, 7) is 5.40. The number of carbonyl (C=O) groups excluding carboxylic acids is 1. The molecule has 1 aromatic carbocycles. The van der Waals surface area contributed by atoms with Crippen LogP contribution < -0.4 is 5.32 Å². The molecule has 0 radical (unpaired) electrons. The van der Waals surface area contributed by atoms with Crippen LogP contribution in [0.1, 0.15) is 19.4 Å². The average molecular weight is 339 g/mol. The molecular formula is C16H25N3O3S. The van der Waals surface area contributed by atoms with Crippen LogP contribution in [0, 0.1) is 0 Å². The van der Waals surface area contributed by atoms with Crippen molar-refractivity contribution in [2.45, 2.75) is 26.3 Å². The summed E-state index contributed by atoms with van der Waals surface area (Å²) in [5, 5.41) is 2.83. The third-order valence-corrected chi connectivity index (χ3v) is 5.69. The lowest BCUT2D eigenvalue weighted by molar-refractivity contribution is 0.170. The SMILES string of the molecule is CC(C)NC(=O)N1CCN(S(=O)(=O)CCc2ccccc2)CC1. The maximum atomic E-state index is 12.4. The number of amides is 2. The fourth-order valence-electron chi connectivity index (χ4n) is 2.53. The van der Waals surface area contributed by atoms with E-state index in [9.17, 15) is 13.2 Å². The van der Waals surface area contributed by atoms with Crippen LogP contribution in [-0.2, 0) is 16.4 Å². The number of rotatable bonds is 5. The number of urea groups is 1. The Balaban J connectivity index is 1.85. The topological polar surface area (TPSA) is 69.7 Å². The van der Waals surface area contributed by atoms with E-state index in [4.69, 9.17) is 0 Å². The zero-order chi connectivity index (χ0) is 16.9. The lowest BCUT2D eigenvalue weighted by Crippen LogP contribution is -2.54. The first-order chi connectivity index (χ1) is 10.9. The number of sulfonamides is 1. The van der Waals surface area contributed by atoms with E-state index in [-0.39, 0.29) is 17.8 Å². The second-order valence-corrected chi connectivity index (χ2v) is 8.13. The molecule has 1 aromatic rings. The van der Waals surface area contributed by atoms with Crippen LogP contribution in [0.4, 0.5) is 4.79 Å².